The molecule has 0 saturated carbocycles. The van der Waals surface area contributed by atoms with Gasteiger partial charge in [0.15, 0.2) is 0 Å². The second-order valence-corrected chi connectivity index (χ2v) is 11.3. The first-order chi connectivity index (χ1) is 16.3. The quantitative estimate of drug-likeness (QED) is 0.427. The van der Waals surface area contributed by atoms with E-state index in [1.807, 2.05) is 102 Å². The van der Waals surface area contributed by atoms with E-state index in [1.54, 1.807) is 0 Å². The van der Waals surface area contributed by atoms with Crippen molar-refractivity contribution < 1.29 is 14.7 Å². The summed E-state index contributed by atoms with van der Waals surface area (Å²) < 4.78 is 0. The minimum atomic E-state index is -0.656. The van der Waals surface area contributed by atoms with Crippen LogP contribution in [0.3, 0.4) is 0 Å². The van der Waals surface area contributed by atoms with Gasteiger partial charge in [0.2, 0.25) is 0 Å². The van der Waals surface area contributed by atoms with E-state index < -0.39 is 6.10 Å². The molecule has 0 saturated heterocycles. The first-order valence-electron chi connectivity index (χ1n) is 12.3. The molecule has 3 aromatic rings. The first kappa shape index (κ1) is 26.4. The lowest BCUT2D eigenvalue weighted by Crippen LogP contribution is -2.41. The van der Waals surface area contributed by atoms with Gasteiger partial charge in [-0.25, -0.2) is 0 Å². The summed E-state index contributed by atoms with van der Waals surface area (Å²) in [6, 6.07) is 19.3. The molecule has 2 amide bonds. The van der Waals surface area contributed by atoms with Crippen LogP contribution in [0.1, 0.15) is 79.8 Å². The van der Waals surface area contributed by atoms with Gasteiger partial charge >= 0.3 is 0 Å². The Bertz CT molecular complexity index is 1200. The lowest BCUT2D eigenvalue weighted by atomic mass is 9.92. The lowest BCUT2D eigenvalue weighted by molar-refractivity contribution is 0.0908. The lowest BCUT2D eigenvalue weighted by Gasteiger charge is -2.23. The van der Waals surface area contributed by atoms with Crippen molar-refractivity contribution in [2.45, 2.75) is 78.0 Å². The van der Waals surface area contributed by atoms with E-state index in [1.165, 1.54) is 0 Å². The molecule has 0 fully saturated rings. The molecule has 0 radical (unpaired) electrons. The van der Waals surface area contributed by atoms with Crippen LogP contribution in [-0.2, 0) is 12.8 Å². The zero-order valence-corrected chi connectivity index (χ0v) is 21.7. The summed E-state index contributed by atoms with van der Waals surface area (Å²) in [6.07, 6.45) is 0.739. The molecule has 0 aromatic heterocycles. The molecule has 0 aliphatic carbocycles. The minimum Gasteiger partial charge on any atom is -0.393 e. The predicted molar refractivity (Wildman–Crippen MR) is 143 cm³/mol. The minimum absolute atomic E-state index is 0.113. The molecule has 0 unspecified atom stereocenters. The van der Waals surface area contributed by atoms with Crippen LogP contribution in [0.2, 0.25) is 0 Å². The zero-order chi connectivity index (χ0) is 25.8. The van der Waals surface area contributed by atoms with Gasteiger partial charge in [-0.3, -0.25) is 9.59 Å². The number of fused-ring (bicyclic) bond motifs is 1. The third kappa shape index (κ3) is 7.40. The highest BCUT2D eigenvalue weighted by atomic mass is 16.3. The van der Waals surface area contributed by atoms with Gasteiger partial charge in [0, 0.05) is 16.6 Å². The fourth-order valence-corrected chi connectivity index (χ4v) is 4.20. The van der Waals surface area contributed by atoms with E-state index in [9.17, 15) is 14.7 Å². The summed E-state index contributed by atoms with van der Waals surface area (Å²) in [5, 5.41) is 18.9. The standard InChI is InChI=1S/C30H38N2O3/c1-29(2,3)31-27(34)25-14-10-8-12-21(25)17-18-23(33)19-22-16-15-20-11-7-9-13-24(20)26(22)28(35)32-30(4,5)6/h7-16,23,33H,17-19H2,1-6H3,(H,31,34)(H,32,35)/t23-/m0/s1. The smallest absolute Gasteiger partial charge is 0.252 e. The van der Waals surface area contributed by atoms with Gasteiger partial charge in [0.05, 0.1) is 11.7 Å². The molecule has 0 heterocycles. The summed E-state index contributed by atoms with van der Waals surface area (Å²) in [4.78, 5) is 26.0. The number of hydrogen-bond donors (Lipinski definition) is 3. The Hall–Kier alpha value is -3.18. The number of rotatable bonds is 7. The Morgan fingerprint density at radius 2 is 1.37 bits per heavy atom. The van der Waals surface area contributed by atoms with Crippen LogP contribution in [0.25, 0.3) is 10.8 Å². The number of aryl methyl sites for hydroxylation is 1. The molecule has 0 bridgehead atoms. The summed E-state index contributed by atoms with van der Waals surface area (Å²) in [7, 11) is 0. The van der Waals surface area contributed by atoms with Gasteiger partial charge in [0.25, 0.3) is 11.8 Å². The molecule has 0 aliphatic heterocycles. The molecule has 35 heavy (non-hydrogen) atoms. The highest BCUT2D eigenvalue weighted by molar-refractivity contribution is 6.08. The largest absolute Gasteiger partial charge is 0.393 e. The van der Waals surface area contributed by atoms with Crippen LogP contribution < -0.4 is 10.6 Å². The van der Waals surface area contributed by atoms with Crippen molar-refractivity contribution in [1.82, 2.24) is 10.6 Å². The van der Waals surface area contributed by atoms with Crippen molar-refractivity contribution in [1.29, 1.82) is 0 Å². The van der Waals surface area contributed by atoms with E-state index in [0.717, 1.165) is 21.9 Å². The average Bonchev–Trinajstić information content (AvgIpc) is 2.75. The van der Waals surface area contributed by atoms with Gasteiger partial charge in [-0.2, -0.15) is 0 Å². The molecule has 3 N–H and O–H groups in total. The molecular formula is C30H38N2O3. The van der Waals surface area contributed by atoms with Gasteiger partial charge < -0.3 is 15.7 Å². The highest BCUT2D eigenvalue weighted by Crippen LogP contribution is 2.25. The number of carbonyl (C=O) groups excluding carboxylic acids is 2. The number of hydrogen-bond acceptors (Lipinski definition) is 3. The second-order valence-electron chi connectivity index (χ2n) is 11.3. The van der Waals surface area contributed by atoms with Crippen LogP contribution in [0.4, 0.5) is 0 Å². The summed E-state index contributed by atoms with van der Waals surface area (Å²) in [5.74, 6) is -0.251. The topological polar surface area (TPSA) is 78.4 Å². The van der Waals surface area contributed by atoms with Crippen molar-refractivity contribution in [2.24, 2.45) is 0 Å². The third-order valence-electron chi connectivity index (χ3n) is 5.68. The Balaban J connectivity index is 1.80. The third-order valence-corrected chi connectivity index (χ3v) is 5.68. The van der Waals surface area contributed by atoms with Crippen molar-refractivity contribution in [2.75, 3.05) is 0 Å². The van der Waals surface area contributed by atoms with Crippen molar-refractivity contribution >= 4 is 22.6 Å². The average molecular weight is 475 g/mol. The van der Waals surface area contributed by atoms with Gasteiger partial charge in [-0.05, 0) is 88.8 Å². The van der Waals surface area contributed by atoms with Crippen molar-refractivity contribution in [3.05, 3.63) is 82.9 Å². The van der Waals surface area contributed by atoms with Crippen LogP contribution >= 0.6 is 0 Å². The second kappa shape index (κ2) is 10.6. The number of amides is 2. The molecule has 186 valence electrons. The number of nitrogens with one attached hydrogen (secondary N) is 2. The Labute approximate surface area is 208 Å². The number of aliphatic hydroxyl groups excluding tert-OH is 1. The monoisotopic (exact) mass is 474 g/mol. The van der Waals surface area contributed by atoms with Crippen molar-refractivity contribution in [3.8, 4) is 0 Å². The molecule has 0 aliphatic rings. The molecule has 3 rings (SSSR count). The van der Waals surface area contributed by atoms with Crippen LogP contribution in [0.5, 0.6) is 0 Å². The Kier molecular flexibility index (Phi) is 8.01. The SMILES string of the molecule is CC(C)(C)NC(=O)c1ccccc1CC[C@H](O)Cc1ccc2ccccc2c1C(=O)NC(C)(C)C. The first-order valence-corrected chi connectivity index (χ1v) is 12.3. The maximum Gasteiger partial charge on any atom is 0.252 e. The molecule has 1 atom stereocenters. The fourth-order valence-electron chi connectivity index (χ4n) is 4.20. The molecule has 0 spiro atoms. The highest BCUT2D eigenvalue weighted by Gasteiger charge is 2.22. The fraction of sp³-hybridized carbons (Fsp3) is 0.400. The molecule has 5 heteroatoms. The summed E-state index contributed by atoms with van der Waals surface area (Å²) >= 11 is 0. The predicted octanol–water partition coefficient (Wildman–Crippen LogP) is 5.43. The van der Waals surface area contributed by atoms with Crippen LogP contribution in [0.15, 0.2) is 60.7 Å². The van der Waals surface area contributed by atoms with Gasteiger partial charge in [-0.1, -0.05) is 54.6 Å². The van der Waals surface area contributed by atoms with Crippen LogP contribution in [0, 0.1) is 0 Å². The van der Waals surface area contributed by atoms with E-state index in [4.69, 9.17) is 0 Å². The van der Waals surface area contributed by atoms with E-state index in [-0.39, 0.29) is 22.9 Å². The molecule has 3 aromatic carbocycles. The number of benzene rings is 3. The molecular weight excluding hydrogens is 436 g/mol. The zero-order valence-electron chi connectivity index (χ0n) is 21.7. The van der Waals surface area contributed by atoms with Crippen LogP contribution in [-0.4, -0.2) is 34.1 Å². The number of carbonyl (C=O) groups is 2. The molecule has 5 nitrogen and oxygen atoms in total. The normalized spacial score (nSPS) is 12.9. The number of aliphatic hydroxyl groups is 1. The Morgan fingerprint density at radius 1 is 0.771 bits per heavy atom. The summed E-state index contributed by atoms with van der Waals surface area (Å²) in [6.45, 7) is 11.7. The Morgan fingerprint density at radius 3 is 2.06 bits per heavy atom. The maximum atomic E-state index is 13.3. The maximum absolute atomic E-state index is 13.3. The van der Waals surface area contributed by atoms with Gasteiger partial charge in [0.1, 0.15) is 0 Å². The van der Waals surface area contributed by atoms with E-state index in [0.29, 0.717) is 30.4 Å². The summed E-state index contributed by atoms with van der Waals surface area (Å²) in [5.41, 5.74) is 2.26. The van der Waals surface area contributed by atoms with E-state index in [2.05, 4.69) is 10.6 Å². The van der Waals surface area contributed by atoms with Crippen molar-refractivity contribution in [3.63, 3.8) is 0 Å². The van der Waals surface area contributed by atoms with E-state index >= 15 is 0 Å². The van der Waals surface area contributed by atoms with Gasteiger partial charge in [-0.15, -0.1) is 0 Å².